The van der Waals surface area contributed by atoms with Gasteiger partial charge in [0.1, 0.15) is 0 Å². The molecule has 0 bridgehead atoms. The molecule has 2 nitrogen and oxygen atoms in total. The smallest absolute Gasteiger partial charge is 0.0499 e. The molecular weight excluding hydrogens is 126 g/mol. The molecule has 0 heterocycles. The highest BCUT2D eigenvalue weighted by Crippen LogP contribution is 1.92. The van der Waals surface area contributed by atoms with Crippen LogP contribution in [0.25, 0.3) is 0 Å². The monoisotopic (exact) mass is 145 g/mol. The van der Waals surface area contributed by atoms with Crippen molar-refractivity contribution in [1.82, 2.24) is 5.32 Å². The van der Waals surface area contributed by atoms with Crippen LogP contribution in [-0.2, 0) is 4.74 Å². The van der Waals surface area contributed by atoms with Crippen molar-refractivity contribution < 1.29 is 4.74 Å². The van der Waals surface area contributed by atoms with Crippen LogP contribution in [0.4, 0.5) is 0 Å². The van der Waals surface area contributed by atoms with E-state index >= 15 is 0 Å². The lowest BCUT2D eigenvalue weighted by atomic mass is 10.2. The Kier molecular flexibility index (Phi) is 5.64. The average molecular weight is 145 g/mol. The maximum atomic E-state index is 5.00. The summed E-state index contributed by atoms with van der Waals surface area (Å²) in [7, 11) is 1.74. The van der Waals surface area contributed by atoms with E-state index in [1.165, 1.54) is 0 Å². The number of ether oxygens (including phenoxy) is 1. The standard InChI is InChI=1S/C8H19NO/c1-7(2)9-5-8(3)6-10-4/h7-9H,5-6H2,1-4H3. The van der Waals surface area contributed by atoms with Gasteiger partial charge in [0.15, 0.2) is 0 Å². The third-order valence-electron chi connectivity index (χ3n) is 1.33. The molecule has 0 spiro atoms. The number of methoxy groups -OCH3 is 1. The molecule has 0 aliphatic carbocycles. The molecule has 1 unspecified atom stereocenters. The summed E-state index contributed by atoms with van der Waals surface area (Å²) in [5.41, 5.74) is 0. The summed E-state index contributed by atoms with van der Waals surface area (Å²) >= 11 is 0. The Morgan fingerprint density at radius 3 is 2.30 bits per heavy atom. The van der Waals surface area contributed by atoms with Gasteiger partial charge in [-0.3, -0.25) is 0 Å². The van der Waals surface area contributed by atoms with E-state index in [2.05, 4.69) is 26.1 Å². The van der Waals surface area contributed by atoms with Gasteiger partial charge in [-0.25, -0.2) is 0 Å². The largest absolute Gasteiger partial charge is 0.384 e. The Hall–Kier alpha value is -0.0800. The summed E-state index contributed by atoms with van der Waals surface area (Å²) in [5.74, 6) is 0.618. The van der Waals surface area contributed by atoms with Crippen LogP contribution < -0.4 is 5.32 Å². The molecule has 0 fully saturated rings. The van der Waals surface area contributed by atoms with Crippen LogP contribution in [0.2, 0.25) is 0 Å². The summed E-state index contributed by atoms with van der Waals surface area (Å²) in [6.07, 6.45) is 0. The van der Waals surface area contributed by atoms with Gasteiger partial charge in [-0.1, -0.05) is 20.8 Å². The fraction of sp³-hybridized carbons (Fsp3) is 1.00. The van der Waals surface area contributed by atoms with Gasteiger partial charge in [-0.15, -0.1) is 0 Å². The van der Waals surface area contributed by atoms with Crippen molar-refractivity contribution in [3.63, 3.8) is 0 Å². The van der Waals surface area contributed by atoms with Crippen molar-refractivity contribution in [1.29, 1.82) is 0 Å². The molecule has 0 rings (SSSR count). The predicted molar refractivity (Wildman–Crippen MR) is 44.2 cm³/mol. The van der Waals surface area contributed by atoms with Crippen molar-refractivity contribution >= 4 is 0 Å². The Bertz CT molecular complexity index is 73.7. The second-order valence-corrected chi connectivity index (χ2v) is 3.12. The van der Waals surface area contributed by atoms with Gasteiger partial charge in [0.2, 0.25) is 0 Å². The van der Waals surface area contributed by atoms with Crippen molar-refractivity contribution in [3.05, 3.63) is 0 Å². The predicted octanol–water partition coefficient (Wildman–Crippen LogP) is 1.27. The first-order chi connectivity index (χ1) is 4.66. The summed E-state index contributed by atoms with van der Waals surface area (Å²) in [6.45, 7) is 8.38. The lowest BCUT2D eigenvalue weighted by Crippen LogP contribution is -2.29. The molecule has 62 valence electrons. The van der Waals surface area contributed by atoms with Crippen molar-refractivity contribution in [2.75, 3.05) is 20.3 Å². The van der Waals surface area contributed by atoms with Crippen molar-refractivity contribution in [2.45, 2.75) is 26.8 Å². The topological polar surface area (TPSA) is 21.3 Å². The fourth-order valence-electron chi connectivity index (χ4n) is 0.780. The first kappa shape index (κ1) is 9.92. The molecule has 0 amide bonds. The van der Waals surface area contributed by atoms with Gasteiger partial charge in [0.05, 0.1) is 0 Å². The lowest BCUT2D eigenvalue weighted by Gasteiger charge is -2.13. The molecule has 0 aromatic heterocycles. The maximum absolute atomic E-state index is 5.00. The zero-order chi connectivity index (χ0) is 7.98. The lowest BCUT2D eigenvalue weighted by molar-refractivity contribution is 0.157. The van der Waals surface area contributed by atoms with Crippen LogP contribution in [0, 0.1) is 5.92 Å². The maximum Gasteiger partial charge on any atom is 0.0499 e. The van der Waals surface area contributed by atoms with Crippen LogP contribution in [-0.4, -0.2) is 26.3 Å². The quantitative estimate of drug-likeness (QED) is 0.629. The van der Waals surface area contributed by atoms with E-state index in [1.54, 1.807) is 7.11 Å². The number of hydrogen-bond donors (Lipinski definition) is 1. The zero-order valence-corrected chi connectivity index (χ0v) is 7.48. The van der Waals surface area contributed by atoms with Crippen LogP contribution >= 0.6 is 0 Å². The van der Waals surface area contributed by atoms with Crippen LogP contribution in [0.5, 0.6) is 0 Å². The molecule has 0 aliphatic rings. The van der Waals surface area contributed by atoms with Crippen LogP contribution in [0.15, 0.2) is 0 Å². The molecule has 0 saturated heterocycles. The van der Waals surface area contributed by atoms with Gasteiger partial charge < -0.3 is 10.1 Å². The Labute approximate surface area is 64.0 Å². The van der Waals surface area contributed by atoms with E-state index in [9.17, 15) is 0 Å². The Morgan fingerprint density at radius 1 is 1.30 bits per heavy atom. The summed E-state index contributed by atoms with van der Waals surface area (Å²) in [6, 6.07) is 0.583. The third-order valence-corrected chi connectivity index (χ3v) is 1.33. The highest BCUT2D eigenvalue weighted by molar-refractivity contribution is 4.58. The van der Waals surface area contributed by atoms with Gasteiger partial charge >= 0.3 is 0 Å². The summed E-state index contributed by atoms with van der Waals surface area (Å²) in [4.78, 5) is 0. The molecule has 0 aliphatic heterocycles. The van der Waals surface area contributed by atoms with Crippen LogP contribution in [0.3, 0.4) is 0 Å². The molecule has 0 aromatic carbocycles. The van der Waals surface area contributed by atoms with Gasteiger partial charge in [0.25, 0.3) is 0 Å². The van der Waals surface area contributed by atoms with E-state index in [-0.39, 0.29) is 0 Å². The minimum atomic E-state index is 0.583. The SMILES string of the molecule is COCC(C)CNC(C)C. The molecule has 1 atom stereocenters. The minimum Gasteiger partial charge on any atom is -0.384 e. The molecular formula is C8H19NO. The van der Waals surface area contributed by atoms with E-state index < -0.39 is 0 Å². The molecule has 1 N–H and O–H groups in total. The van der Waals surface area contributed by atoms with E-state index in [0.29, 0.717) is 12.0 Å². The summed E-state index contributed by atoms with van der Waals surface area (Å²) < 4.78 is 5.00. The number of nitrogens with one attached hydrogen (secondary N) is 1. The van der Waals surface area contributed by atoms with Gasteiger partial charge in [-0.05, 0) is 5.92 Å². The Morgan fingerprint density at radius 2 is 1.90 bits per heavy atom. The second-order valence-electron chi connectivity index (χ2n) is 3.12. The first-order valence-corrected chi connectivity index (χ1v) is 3.89. The highest BCUT2D eigenvalue weighted by Gasteiger charge is 2.00. The van der Waals surface area contributed by atoms with E-state index in [0.717, 1.165) is 13.2 Å². The second kappa shape index (κ2) is 5.69. The summed E-state index contributed by atoms with van der Waals surface area (Å²) in [5, 5.41) is 3.35. The van der Waals surface area contributed by atoms with Gasteiger partial charge in [-0.2, -0.15) is 0 Å². The number of hydrogen-bond acceptors (Lipinski definition) is 2. The normalized spacial score (nSPS) is 14.1. The van der Waals surface area contributed by atoms with Crippen LogP contribution in [0.1, 0.15) is 20.8 Å². The van der Waals surface area contributed by atoms with E-state index in [4.69, 9.17) is 4.74 Å². The molecule has 0 aromatic rings. The van der Waals surface area contributed by atoms with Crippen molar-refractivity contribution in [3.8, 4) is 0 Å². The number of rotatable bonds is 5. The molecule has 0 radical (unpaired) electrons. The molecule has 10 heavy (non-hydrogen) atoms. The Balaban J connectivity index is 3.12. The fourth-order valence-corrected chi connectivity index (χ4v) is 0.780. The first-order valence-electron chi connectivity index (χ1n) is 3.89. The van der Waals surface area contributed by atoms with E-state index in [1.807, 2.05) is 0 Å². The van der Waals surface area contributed by atoms with Gasteiger partial charge in [0, 0.05) is 26.3 Å². The highest BCUT2D eigenvalue weighted by atomic mass is 16.5. The molecule has 0 saturated carbocycles. The third kappa shape index (κ3) is 6.05. The molecule has 2 heteroatoms. The zero-order valence-electron chi connectivity index (χ0n) is 7.48. The average Bonchev–Trinajstić information content (AvgIpc) is 1.85. The van der Waals surface area contributed by atoms with Crippen molar-refractivity contribution in [2.24, 2.45) is 5.92 Å². The minimum absolute atomic E-state index is 0.583.